The fourth-order valence-electron chi connectivity index (χ4n) is 2.16. The number of phosphoric ester groups is 1. The molecule has 0 aromatic heterocycles. The van der Waals surface area contributed by atoms with Crippen LogP contribution in [0.25, 0.3) is 0 Å². The van der Waals surface area contributed by atoms with Crippen LogP contribution < -0.4 is 5.73 Å². The Morgan fingerprint density at radius 1 is 0.781 bits per heavy atom. The van der Waals surface area contributed by atoms with Crippen LogP contribution in [0, 0.1) is 0 Å². The lowest BCUT2D eigenvalue weighted by Gasteiger charge is -1.98. The molecule has 0 saturated heterocycles. The lowest BCUT2D eigenvalue weighted by molar-refractivity contribution is -0.131. The molecule has 0 radical (unpaired) electrons. The van der Waals surface area contributed by atoms with E-state index in [2.05, 4.69) is 29.3 Å². The number of allylic oxidation sites excluding steroid dienone is 11. The van der Waals surface area contributed by atoms with E-state index in [9.17, 15) is 14.2 Å². The van der Waals surface area contributed by atoms with Crippen molar-refractivity contribution in [1.82, 2.24) is 0 Å². The summed E-state index contributed by atoms with van der Waals surface area (Å²) < 4.78 is 12.9. The third-order valence-corrected chi connectivity index (χ3v) is 3.98. The molecule has 8 nitrogen and oxygen atoms in total. The number of nitrogens with two attached hydrogens (primary N) is 1. The maximum Gasteiger partial charge on any atom is 0.528 e. The Bertz CT molecular complexity index is 716. The van der Waals surface area contributed by atoms with E-state index in [1.54, 1.807) is 12.2 Å². The van der Waals surface area contributed by atoms with Crippen molar-refractivity contribution in [1.29, 1.82) is 0 Å². The number of hydrogen-bond acceptors (Lipinski definition) is 4. The van der Waals surface area contributed by atoms with Gasteiger partial charge in [0.05, 0.1) is 0 Å². The molecule has 0 spiro atoms. The largest absolute Gasteiger partial charge is 0.528 e. The minimum Gasteiger partial charge on any atom is -0.478 e. The zero-order chi connectivity index (χ0) is 24.5. The van der Waals surface area contributed by atoms with Crippen LogP contribution in [0.2, 0.25) is 0 Å². The molecular weight excluding hydrogens is 433 g/mol. The number of carbonyl (C=O) groups is 2. The van der Waals surface area contributed by atoms with Crippen LogP contribution in [-0.4, -0.2) is 27.0 Å². The first-order valence-corrected chi connectivity index (χ1v) is 12.0. The van der Waals surface area contributed by atoms with E-state index in [-0.39, 0.29) is 0 Å². The normalized spacial score (nSPS) is 12.5. The van der Waals surface area contributed by atoms with Crippen LogP contribution in [0.4, 0.5) is 4.79 Å². The van der Waals surface area contributed by atoms with Crippen molar-refractivity contribution in [3.8, 4) is 0 Å². The van der Waals surface area contributed by atoms with Gasteiger partial charge in [-0.25, -0.2) is 14.2 Å². The van der Waals surface area contributed by atoms with E-state index < -0.39 is 19.9 Å². The van der Waals surface area contributed by atoms with Crippen LogP contribution >= 0.6 is 7.82 Å². The summed E-state index contributed by atoms with van der Waals surface area (Å²) in [5.74, 6) is -0.936. The van der Waals surface area contributed by atoms with Gasteiger partial charge in [-0.2, -0.15) is 0 Å². The molecule has 0 saturated carbocycles. The topological polar surface area (TPSA) is 147 Å². The number of unbranched alkanes of at least 4 members (excludes halogenated alkanes) is 7. The number of amides is 1. The average molecular weight is 470 g/mol. The predicted molar refractivity (Wildman–Crippen MR) is 128 cm³/mol. The molecule has 0 atom stereocenters. The van der Waals surface area contributed by atoms with Crippen LogP contribution in [0.5, 0.6) is 0 Å². The summed E-state index contributed by atoms with van der Waals surface area (Å²) in [5, 5.41) is 8.39. The highest BCUT2D eigenvalue weighted by molar-refractivity contribution is 7.46. The van der Waals surface area contributed by atoms with Crippen molar-refractivity contribution in [2.75, 3.05) is 0 Å². The lowest BCUT2D eigenvalue weighted by Crippen LogP contribution is -2.10. The number of carboxylic acids is 1. The van der Waals surface area contributed by atoms with Gasteiger partial charge in [-0.1, -0.05) is 112 Å². The van der Waals surface area contributed by atoms with Gasteiger partial charge in [0.25, 0.3) is 0 Å². The van der Waals surface area contributed by atoms with E-state index in [4.69, 9.17) is 14.9 Å². The minimum atomic E-state index is -4.70. The number of phosphoric acid groups is 1. The Kier molecular flexibility index (Phi) is 22.7. The highest BCUT2D eigenvalue weighted by Gasteiger charge is 2.17. The number of aliphatic carboxylic acids is 1. The van der Waals surface area contributed by atoms with Gasteiger partial charge < -0.3 is 15.4 Å². The predicted octanol–water partition coefficient (Wildman–Crippen LogP) is 5.72. The summed E-state index contributed by atoms with van der Waals surface area (Å²) in [6.07, 6.45) is 31.2. The Morgan fingerprint density at radius 2 is 1.22 bits per heavy atom. The third-order valence-electron chi connectivity index (χ3n) is 3.56. The molecule has 0 aromatic carbocycles. The van der Waals surface area contributed by atoms with E-state index in [1.165, 1.54) is 51.0 Å². The van der Waals surface area contributed by atoms with Crippen molar-refractivity contribution < 1.29 is 33.6 Å². The SMILES string of the molecule is CCCCCCCCCC=CC=CC=CC=CC=CC=CC(=O)O.NC(=O)OP(=O)(O)O. The highest BCUT2D eigenvalue weighted by atomic mass is 31.2. The van der Waals surface area contributed by atoms with Crippen LogP contribution in [0.15, 0.2) is 72.9 Å². The number of carboxylic acid groups (broad SMARTS) is 1. The molecule has 180 valence electrons. The maximum absolute atomic E-state index is 10.2. The molecule has 9 heteroatoms. The minimum absolute atomic E-state index is 0.936. The summed E-state index contributed by atoms with van der Waals surface area (Å²) in [6, 6.07) is 0. The Balaban J connectivity index is 0. The molecule has 5 N–H and O–H groups in total. The second kappa shape index (κ2) is 23.0. The fraction of sp³-hybridized carbons (Fsp3) is 0.391. The number of rotatable bonds is 15. The highest BCUT2D eigenvalue weighted by Crippen LogP contribution is 2.35. The second-order valence-corrected chi connectivity index (χ2v) is 7.64. The first kappa shape index (κ1) is 31.5. The van der Waals surface area contributed by atoms with E-state index in [1.807, 2.05) is 36.5 Å². The summed E-state index contributed by atoms with van der Waals surface area (Å²) in [4.78, 5) is 35.3. The zero-order valence-electron chi connectivity index (χ0n) is 18.6. The van der Waals surface area contributed by atoms with Crippen LogP contribution in [0.1, 0.15) is 58.3 Å². The molecular formula is C23H36NO7P. The molecule has 0 rings (SSSR count). The van der Waals surface area contributed by atoms with Gasteiger partial charge in [-0.05, 0) is 12.8 Å². The van der Waals surface area contributed by atoms with Crippen molar-refractivity contribution >= 4 is 19.9 Å². The monoisotopic (exact) mass is 469 g/mol. The quantitative estimate of drug-likeness (QED) is 0.104. The molecule has 0 unspecified atom stereocenters. The van der Waals surface area contributed by atoms with E-state index >= 15 is 0 Å². The molecule has 0 fully saturated rings. The van der Waals surface area contributed by atoms with Crippen molar-refractivity contribution in [2.45, 2.75) is 58.3 Å². The van der Waals surface area contributed by atoms with Crippen LogP contribution in [0.3, 0.4) is 0 Å². The summed E-state index contributed by atoms with van der Waals surface area (Å²) in [5.41, 5.74) is 4.23. The first-order valence-electron chi connectivity index (χ1n) is 10.5. The van der Waals surface area contributed by atoms with E-state index in [0.29, 0.717) is 0 Å². The van der Waals surface area contributed by atoms with Gasteiger partial charge in [0.1, 0.15) is 0 Å². The van der Waals surface area contributed by atoms with Crippen molar-refractivity contribution in [3.63, 3.8) is 0 Å². The number of hydrogen-bond donors (Lipinski definition) is 4. The third kappa shape index (κ3) is 34.8. The fourth-order valence-corrected chi connectivity index (χ4v) is 2.40. The van der Waals surface area contributed by atoms with Gasteiger partial charge in [-0.15, -0.1) is 0 Å². The van der Waals surface area contributed by atoms with Gasteiger partial charge in [-0.3, -0.25) is 9.79 Å². The van der Waals surface area contributed by atoms with Gasteiger partial charge >= 0.3 is 19.9 Å². The maximum atomic E-state index is 10.2. The van der Waals surface area contributed by atoms with Gasteiger partial charge in [0.15, 0.2) is 0 Å². The standard InChI is InChI=1S/C22H32O2.CH4NO5P/c1-2-3-4-5-6-7-8-9-10-11-12-13-14-15-16-17-18-19-20-21-22(23)24;2-1(3)7-8(4,5)6/h10-21H,2-9H2,1H3,(H,23,24);(H2,2,3)(H2,4,5,6). The second-order valence-electron chi connectivity index (χ2n) is 6.48. The zero-order valence-corrected chi connectivity index (χ0v) is 19.5. The molecule has 0 aliphatic carbocycles. The molecule has 0 aliphatic heterocycles. The molecule has 1 amide bonds. The Labute approximate surface area is 190 Å². The summed E-state index contributed by atoms with van der Waals surface area (Å²) >= 11 is 0. The summed E-state index contributed by atoms with van der Waals surface area (Å²) in [6.45, 7) is 2.25. The lowest BCUT2D eigenvalue weighted by atomic mass is 10.1. The molecule has 0 aliphatic rings. The number of carbonyl (C=O) groups excluding carboxylic acids is 1. The van der Waals surface area contributed by atoms with Gasteiger partial charge in [0.2, 0.25) is 0 Å². The Hall–Kier alpha value is -2.67. The average Bonchev–Trinajstić information content (AvgIpc) is 2.68. The summed E-state index contributed by atoms with van der Waals surface area (Å²) in [7, 11) is -4.70. The molecule has 0 bridgehead atoms. The molecule has 0 aromatic rings. The smallest absolute Gasteiger partial charge is 0.478 e. The van der Waals surface area contributed by atoms with E-state index in [0.717, 1.165) is 12.5 Å². The Morgan fingerprint density at radius 3 is 1.62 bits per heavy atom. The molecule has 0 heterocycles. The van der Waals surface area contributed by atoms with Crippen molar-refractivity contribution in [2.24, 2.45) is 5.73 Å². The van der Waals surface area contributed by atoms with Crippen LogP contribution in [-0.2, 0) is 13.9 Å². The van der Waals surface area contributed by atoms with Gasteiger partial charge in [0, 0.05) is 6.08 Å². The molecule has 32 heavy (non-hydrogen) atoms. The first-order chi connectivity index (χ1) is 15.2. The van der Waals surface area contributed by atoms with Crippen molar-refractivity contribution in [3.05, 3.63) is 72.9 Å². The number of primary amides is 1.